The summed E-state index contributed by atoms with van der Waals surface area (Å²) >= 11 is 0. The Morgan fingerprint density at radius 1 is 0.382 bits per heavy atom. The molecule has 0 N–H and O–H groups in total. The van der Waals surface area contributed by atoms with E-state index in [1.807, 2.05) is 6.07 Å². The Hall–Kier alpha value is -7.24. The summed E-state index contributed by atoms with van der Waals surface area (Å²) in [5.41, 5.74) is 10.2. The second kappa shape index (κ2) is 11.6. The number of para-hydroxylation sites is 3. The Kier molecular flexibility index (Phi) is 6.40. The quantitative estimate of drug-likeness (QED) is 0.171. The van der Waals surface area contributed by atoms with Gasteiger partial charge in [0, 0.05) is 39.0 Å². The number of rotatable bonds is 4. The Bertz CT molecular complexity index is 3120. The van der Waals surface area contributed by atoms with Gasteiger partial charge in [0.2, 0.25) is 0 Å². The summed E-state index contributed by atoms with van der Waals surface area (Å²) in [4.78, 5) is 2.32. The molecule has 55 heavy (non-hydrogen) atoms. The number of anilines is 3. The Morgan fingerprint density at radius 3 is 1.76 bits per heavy atom. The predicted molar refractivity (Wildman–Crippen MR) is 228 cm³/mol. The molecular weight excluding hydrogens is 671 g/mol. The SMILES string of the molecule is c1ccc(N(c2ccccc2)c2ccc3cc4c5cc6c(cc5n(-c5ccccc5)c4cc3c2)B2c3c(cccc3Oc3ccc4ccccc4c32)O6)cc1. The van der Waals surface area contributed by atoms with Crippen LogP contribution < -0.4 is 30.8 Å². The molecule has 0 radical (unpaired) electrons. The number of aromatic nitrogens is 1. The van der Waals surface area contributed by atoms with Gasteiger partial charge in [0.05, 0.1) is 11.0 Å². The first-order valence-electron chi connectivity index (χ1n) is 18.8. The van der Waals surface area contributed by atoms with Crippen molar-refractivity contribution in [2.45, 2.75) is 0 Å². The smallest absolute Gasteiger partial charge is 0.261 e. The molecule has 0 aliphatic carbocycles. The molecule has 10 aromatic rings. The summed E-state index contributed by atoms with van der Waals surface area (Å²) in [7, 11) is 0. The van der Waals surface area contributed by atoms with Gasteiger partial charge in [-0.2, -0.15) is 0 Å². The summed E-state index contributed by atoms with van der Waals surface area (Å²) in [6.07, 6.45) is 0. The fraction of sp³-hybridized carbons (Fsp3) is 0. The molecule has 12 rings (SSSR count). The summed E-state index contributed by atoms with van der Waals surface area (Å²) in [6.45, 7) is -0.0555. The molecular formula is C50H31BN2O2. The maximum Gasteiger partial charge on any atom is 0.261 e. The highest BCUT2D eigenvalue weighted by Gasteiger charge is 2.41. The van der Waals surface area contributed by atoms with Crippen LogP contribution in [0.4, 0.5) is 17.1 Å². The molecule has 256 valence electrons. The van der Waals surface area contributed by atoms with E-state index in [0.717, 1.165) is 73.1 Å². The molecule has 0 amide bonds. The average Bonchev–Trinajstić information content (AvgIpc) is 3.54. The average molecular weight is 703 g/mol. The molecule has 0 fully saturated rings. The lowest BCUT2D eigenvalue weighted by Crippen LogP contribution is -2.57. The molecule has 0 unspecified atom stereocenters. The van der Waals surface area contributed by atoms with Crippen molar-refractivity contribution in [1.29, 1.82) is 0 Å². The first kappa shape index (κ1) is 30.2. The Morgan fingerprint density at radius 2 is 1.00 bits per heavy atom. The molecule has 0 saturated heterocycles. The minimum absolute atomic E-state index is 0.0555. The maximum absolute atomic E-state index is 6.84. The molecule has 2 aliphatic heterocycles. The predicted octanol–water partition coefficient (Wildman–Crippen LogP) is 11.3. The third-order valence-electron chi connectivity index (χ3n) is 11.4. The van der Waals surface area contributed by atoms with Crippen molar-refractivity contribution < 1.29 is 9.47 Å². The van der Waals surface area contributed by atoms with Gasteiger partial charge in [0.15, 0.2) is 0 Å². The summed E-state index contributed by atoms with van der Waals surface area (Å²) in [5, 5.41) is 7.09. The van der Waals surface area contributed by atoms with E-state index in [0.29, 0.717) is 0 Å². The third-order valence-corrected chi connectivity index (χ3v) is 11.4. The van der Waals surface area contributed by atoms with Gasteiger partial charge in [-0.05, 0) is 123 Å². The molecule has 9 aromatic carbocycles. The van der Waals surface area contributed by atoms with Crippen molar-refractivity contribution in [2.24, 2.45) is 0 Å². The molecule has 5 heteroatoms. The lowest BCUT2D eigenvalue weighted by Gasteiger charge is -2.33. The number of hydrogen-bond donors (Lipinski definition) is 0. The normalized spacial score (nSPS) is 12.6. The summed E-state index contributed by atoms with van der Waals surface area (Å²) < 4.78 is 15.9. The highest BCUT2D eigenvalue weighted by molar-refractivity contribution is 6.99. The van der Waals surface area contributed by atoms with Crippen LogP contribution in [-0.4, -0.2) is 11.3 Å². The van der Waals surface area contributed by atoms with Crippen LogP contribution in [0.15, 0.2) is 188 Å². The number of ether oxygens (including phenoxy) is 2. The van der Waals surface area contributed by atoms with Gasteiger partial charge < -0.3 is 18.9 Å². The minimum Gasteiger partial charge on any atom is -0.458 e. The standard InChI is InChI=1S/C50H31BN2O2/c1-4-14-35(15-5-1)52(36-16-6-2-7-17-36)38-25-23-33-28-40-41-30-48-42(31-44(41)53(37-18-8-3-9-19-37)43(40)29-34(33)27-38)51-49-39-20-11-10-13-32(39)24-26-47(49)54-45-21-12-22-46(55-48)50(45)51/h1-31H. The van der Waals surface area contributed by atoms with Crippen molar-refractivity contribution in [3.05, 3.63) is 188 Å². The first-order valence-corrected chi connectivity index (χ1v) is 18.8. The monoisotopic (exact) mass is 702 g/mol. The molecule has 4 nitrogen and oxygen atoms in total. The van der Waals surface area contributed by atoms with Crippen molar-refractivity contribution in [2.75, 3.05) is 4.90 Å². The van der Waals surface area contributed by atoms with Gasteiger partial charge in [-0.15, -0.1) is 0 Å². The largest absolute Gasteiger partial charge is 0.458 e. The van der Waals surface area contributed by atoms with Gasteiger partial charge in [0.25, 0.3) is 6.71 Å². The van der Waals surface area contributed by atoms with Crippen LogP contribution in [0.3, 0.4) is 0 Å². The lowest BCUT2D eigenvalue weighted by atomic mass is 9.34. The maximum atomic E-state index is 6.84. The van der Waals surface area contributed by atoms with Crippen LogP contribution >= 0.6 is 0 Å². The van der Waals surface area contributed by atoms with Gasteiger partial charge in [0.1, 0.15) is 23.0 Å². The number of fused-ring (bicyclic) bond motifs is 10. The van der Waals surface area contributed by atoms with E-state index in [1.54, 1.807) is 0 Å². The third kappa shape index (κ3) is 4.53. The van der Waals surface area contributed by atoms with E-state index in [9.17, 15) is 0 Å². The van der Waals surface area contributed by atoms with Crippen molar-refractivity contribution in [1.82, 2.24) is 4.57 Å². The number of hydrogen-bond acceptors (Lipinski definition) is 3. The molecule has 0 saturated carbocycles. The number of nitrogens with zero attached hydrogens (tertiary/aromatic N) is 2. The van der Waals surface area contributed by atoms with E-state index in [1.165, 1.54) is 32.4 Å². The molecule has 0 spiro atoms. The second-order valence-electron chi connectivity index (χ2n) is 14.5. The second-order valence-corrected chi connectivity index (χ2v) is 14.5. The Labute approximate surface area is 318 Å². The van der Waals surface area contributed by atoms with Crippen LogP contribution in [0.1, 0.15) is 0 Å². The molecule has 2 aliphatic rings. The summed E-state index contributed by atoms with van der Waals surface area (Å²) in [5.74, 6) is 3.47. The van der Waals surface area contributed by atoms with Crippen LogP contribution in [0, 0.1) is 0 Å². The topological polar surface area (TPSA) is 26.6 Å². The number of benzene rings is 9. The van der Waals surface area contributed by atoms with Gasteiger partial charge in [-0.25, -0.2) is 0 Å². The Balaban J connectivity index is 1.12. The minimum atomic E-state index is -0.0555. The molecule has 0 bridgehead atoms. The molecule has 1 aromatic heterocycles. The van der Waals surface area contributed by atoms with Crippen molar-refractivity contribution in [3.63, 3.8) is 0 Å². The first-order chi connectivity index (χ1) is 27.3. The zero-order valence-electron chi connectivity index (χ0n) is 29.7. The fourth-order valence-corrected chi connectivity index (χ4v) is 9.04. The van der Waals surface area contributed by atoms with E-state index >= 15 is 0 Å². The van der Waals surface area contributed by atoms with Gasteiger partial charge in [-0.1, -0.05) is 97.1 Å². The lowest BCUT2D eigenvalue weighted by molar-refractivity contribution is 0.465. The zero-order chi connectivity index (χ0) is 36.0. The van der Waals surface area contributed by atoms with Crippen LogP contribution in [-0.2, 0) is 0 Å². The van der Waals surface area contributed by atoms with E-state index in [4.69, 9.17) is 9.47 Å². The van der Waals surface area contributed by atoms with E-state index < -0.39 is 0 Å². The van der Waals surface area contributed by atoms with Crippen LogP contribution in [0.2, 0.25) is 0 Å². The molecule has 0 atom stereocenters. The fourth-order valence-electron chi connectivity index (χ4n) is 9.04. The molecule has 3 heterocycles. The van der Waals surface area contributed by atoms with Gasteiger partial charge in [-0.3, -0.25) is 0 Å². The highest BCUT2D eigenvalue weighted by Crippen LogP contribution is 2.42. The van der Waals surface area contributed by atoms with Crippen molar-refractivity contribution in [3.8, 4) is 28.7 Å². The van der Waals surface area contributed by atoms with Crippen LogP contribution in [0.5, 0.6) is 23.0 Å². The zero-order valence-corrected chi connectivity index (χ0v) is 29.7. The van der Waals surface area contributed by atoms with E-state index in [-0.39, 0.29) is 6.71 Å². The highest BCUT2D eigenvalue weighted by atomic mass is 16.5. The van der Waals surface area contributed by atoms with Gasteiger partial charge >= 0.3 is 0 Å². The van der Waals surface area contributed by atoms with E-state index in [2.05, 4.69) is 191 Å². The van der Waals surface area contributed by atoms with Crippen molar-refractivity contribution >= 4 is 83.5 Å². The van der Waals surface area contributed by atoms with Crippen LogP contribution in [0.25, 0.3) is 49.0 Å². The summed E-state index contributed by atoms with van der Waals surface area (Å²) in [6, 6.07) is 67.1.